The van der Waals surface area contributed by atoms with E-state index in [0.29, 0.717) is 12.5 Å². The van der Waals surface area contributed by atoms with Crippen LogP contribution in [0.25, 0.3) is 27.6 Å². The van der Waals surface area contributed by atoms with Gasteiger partial charge in [-0.3, -0.25) is 4.99 Å². The maximum absolute atomic E-state index is 6.46. The molecule has 2 aliphatic heterocycles. The molecule has 4 aromatic carbocycles. The van der Waals surface area contributed by atoms with Gasteiger partial charge in [0.1, 0.15) is 18.3 Å². The van der Waals surface area contributed by atoms with Crippen molar-refractivity contribution in [3.05, 3.63) is 124 Å². The van der Waals surface area contributed by atoms with Crippen molar-refractivity contribution < 1.29 is 25.8 Å². The van der Waals surface area contributed by atoms with Gasteiger partial charge in [-0.05, 0) is 88.9 Å². The van der Waals surface area contributed by atoms with Crippen LogP contribution in [0.15, 0.2) is 77.9 Å². The molecule has 5 nitrogen and oxygen atoms in total. The van der Waals surface area contributed by atoms with Crippen LogP contribution in [0.5, 0.6) is 0 Å². The summed E-state index contributed by atoms with van der Waals surface area (Å²) in [4.78, 5) is 12.7. The normalized spacial score (nSPS) is 18.0. The largest absolute Gasteiger partial charge is 2.00 e. The first-order valence-corrected chi connectivity index (χ1v) is 19.8. The van der Waals surface area contributed by atoms with E-state index in [4.69, 9.17) is 14.7 Å². The Labute approximate surface area is 348 Å². The molecule has 1 atom stereocenters. The number of benzene rings is 4. The third-order valence-electron chi connectivity index (χ3n) is 12.4. The average molecular weight is 924 g/mol. The Hall–Kier alpha value is -4.21. The molecule has 0 spiro atoms. The predicted octanol–water partition coefficient (Wildman–Crippen LogP) is 12.7. The van der Waals surface area contributed by atoms with Crippen molar-refractivity contribution in [2.75, 3.05) is 11.5 Å². The predicted molar refractivity (Wildman–Crippen MR) is 230 cm³/mol. The quantitative estimate of drug-likeness (QED) is 0.166. The van der Waals surface area contributed by atoms with Crippen LogP contribution in [0.1, 0.15) is 122 Å². The van der Waals surface area contributed by atoms with E-state index in [9.17, 15) is 0 Å². The summed E-state index contributed by atoms with van der Waals surface area (Å²) in [5.74, 6) is 1.55. The van der Waals surface area contributed by atoms with Crippen molar-refractivity contribution in [1.82, 2.24) is 9.55 Å². The van der Waals surface area contributed by atoms with Gasteiger partial charge in [-0.15, -0.1) is 40.8 Å². The van der Waals surface area contributed by atoms with E-state index in [2.05, 4.69) is 185 Å². The number of hydrogen-bond acceptors (Lipinski definition) is 4. The maximum atomic E-state index is 6.46. The van der Waals surface area contributed by atoms with Gasteiger partial charge in [-0.1, -0.05) is 128 Å². The minimum absolute atomic E-state index is 0. The fourth-order valence-corrected chi connectivity index (χ4v) is 8.09. The first-order chi connectivity index (χ1) is 25.6. The molecular formula is C50H56N4OPt. The molecule has 56 heavy (non-hydrogen) atoms. The van der Waals surface area contributed by atoms with Crippen LogP contribution in [0.2, 0.25) is 0 Å². The van der Waals surface area contributed by atoms with Crippen LogP contribution >= 0.6 is 0 Å². The zero-order valence-corrected chi connectivity index (χ0v) is 37.9. The van der Waals surface area contributed by atoms with E-state index < -0.39 is 0 Å². The van der Waals surface area contributed by atoms with Gasteiger partial charge in [-0.2, -0.15) is 6.07 Å². The zero-order chi connectivity index (χ0) is 39.6. The summed E-state index contributed by atoms with van der Waals surface area (Å²) in [6, 6.07) is 32.9. The summed E-state index contributed by atoms with van der Waals surface area (Å²) >= 11 is 0. The van der Waals surface area contributed by atoms with Gasteiger partial charge < -0.3 is 14.2 Å². The molecule has 0 bridgehead atoms. The van der Waals surface area contributed by atoms with Crippen molar-refractivity contribution in [2.45, 2.75) is 119 Å². The van der Waals surface area contributed by atoms with Crippen molar-refractivity contribution in [3.63, 3.8) is 0 Å². The van der Waals surface area contributed by atoms with Crippen LogP contribution in [-0.4, -0.2) is 27.6 Å². The summed E-state index contributed by atoms with van der Waals surface area (Å²) in [6.45, 7) is 32.1. The zero-order valence-electron chi connectivity index (χ0n) is 35.6. The van der Waals surface area contributed by atoms with Crippen LogP contribution in [0, 0.1) is 31.4 Å². The van der Waals surface area contributed by atoms with Crippen LogP contribution in [0.4, 0.5) is 17.1 Å². The number of ether oxygens (including phenoxy) is 1. The fraction of sp³-hybridized carbons (Fsp3) is 0.400. The molecule has 0 radical (unpaired) electrons. The molecule has 0 unspecified atom stereocenters. The Morgan fingerprint density at radius 2 is 1.39 bits per heavy atom. The first kappa shape index (κ1) is 40.0. The number of anilines is 3. The maximum Gasteiger partial charge on any atom is 2.00 e. The number of aromatic nitrogens is 2. The Morgan fingerprint density at radius 1 is 0.714 bits per heavy atom. The summed E-state index contributed by atoms with van der Waals surface area (Å²) in [5.41, 5.74) is 12.6. The second-order valence-electron chi connectivity index (χ2n) is 19.9. The van der Waals surface area contributed by atoms with Crippen LogP contribution in [-0.2, 0) is 42.0 Å². The van der Waals surface area contributed by atoms with E-state index in [1.807, 2.05) is 6.20 Å². The molecule has 4 heterocycles. The third-order valence-corrected chi connectivity index (χ3v) is 12.4. The fourth-order valence-electron chi connectivity index (χ4n) is 8.09. The second kappa shape index (κ2) is 13.2. The molecule has 8 rings (SSSR count). The first-order valence-electron chi connectivity index (χ1n) is 19.8. The van der Waals surface area contributed by atoms with E-state index in [1.165, 1.54) is 44.2 Å². The molecule has 0 saturated heterocycles. The minimum Gasteiger partial charge on any atom is -0.518 e. The van der Waals surface area contributed by atoms with Gasteiger partial charge in [0.15, 0.2) is 0 Å². The number of hydrogen-bond donors (Lipinski definition) is 0. The average Bonchev–Trinajstić information content (AvgIpc) is 3.66. The van der Waals surface area contributed by atoms with Crippen LogP contribution in [0.3, 0.4) is 0 Å². The van der Waals surface area contributed by atoms with Gasteiger partial charge in [0.25, 0.3) is 0 Å². The molecule has 6 heteroatoms. The summed E-state index contributed by atoms with van der Waals surface area (Å²) in [6.07, 6.45) is 1.95. The molecule has 0 aliphatic carbocycles. The number of fused-ring (bicyclic) bond motifs is 5. The number of nitrogens with zero attached hydrogens (tertiary/aromatic N) is 4. The van der Waals surface area contributed by atoms with Crippen LogP contribution < -0.4 is 4.90 Å². The molecular weight excluding hydrogens is 868 g/mol. The van der Waals surface area contributed by atoms with E-state index >= 15 is 0 Å². The Balaban J connectivity index is 0.00000480. The molecule has 292 valence electrons. The summed E-state index contributed by atoms with van der Waals surface area (Å²) in [7, 11) is 0. The van der Waals surface area contributed by atoms with Gasteiger partial charge in [0, 0.05) is 17.4 Å². The van der Waals surface area contributed by atoms with E-state index in [1.54, 1.807) is 0 Å². The molecule has 2 aliphatic rings. The van der Waals surface area contributed by atoms with Gasteiger partial charge in [0.05, 0.1) is 5.54 Å². The number of aryl methyl sites for hydroxylation is 2. The van der Waals surface area contributed by atoms with Crippen molar-refractivity contribution in [1.29, 1.82) is 0 Å². The van der Waals surface area contributed by atoms with Crippen molar-refractivity contribution in [2.24, 2.45) is 10.4 Å². The molecule has 0 saturated carbocycles. The monoisotopic (exact) mass is 923 g/mol. The number of pyridine rings is 1. The Bertz CT molecular complexity index is 2570. The second-order valence-corrected chi connectivity index (χ2v) is 19.9. The van der Waals surface area contributed by atoms with Gasteiger partial charge in [-0.25, -0.2) is 4.98 Å². The van der Waals surface area contributed by atoms with E-state index in [-0.39, 0.29) is 48.3 Å². The molecule has 0 N–H and O–H groups in total. The topological polar surface area (TPSA) is 42.7 Å². The SMILES string of the molecule is Cc1ccc2c(c1)C(C)(C)c1cc3c4cc(C)ccc4n(-c4cc(C(C)(C)C)ccn4)c3[c-]c1N2c1[c-]c(C2=N[C@](C)(C(C)(C)C)CO2)cc(C(C)(C)C)c1.[Pt+2]. The Kier molecular flexibility index (Phi) is 9.40. The smallest absolute Gasteiger partial charge is 0.518 e. The standard InChI is InChI=1S/C50H56N4O.Pt/c1-30-15-17-40-36(21-30)37-27-39-43(28-42(37)54(40)44-26-33(19-20-51-44)46(3,4)5)53(41-18-16-31(2)22-38(41)49(39,12)13)35-24-32(23-34(25-35)47(6,7)8)45-52-50(14,29-55-45)48(9,10)11;/h15-23,25-27H,29H2,1-14H3;/q-2;+2/t50-;/m0./s1. The van der Waals surface area contributed by atoms with Crippen molar-refractivity contribution in [3.8, 4) is 5.82 Å². The molecule has 2 aromatic heterocycles. The van der Waals surface area contributed by atoms with Gasteiger partial charge >= 0.3 is 21.1 Å². The number of rotatable bonds is 3. The summed E-state index contributed by atoms with van der Waals surface area (Å²) in [5, 5.41) is 2.38. The Morgan fingerprint density at radius 3 is 2.05 bits per heavy atom. The molecule has 6 aromatic rings. The van der Waals surface area contributed by atoms with Crippen molar-refractivity contribution >= 4 is 44.8 Å². The minimum atomic E-state index is -0.344. The summed E-state index contributed by atoms with van der Waals surface area (Å²) < 4.78 is 8.77. The molecule has 0 fully saturated rings. The number of aliphatic imine (C=N–C) groups is 1. The molecule has 0 amide bonds. The van der Waals surface area contributed by atoms with Gasteiger partial charge in [0.2, 0.25) is 0 Å². The third kappa shape index (κ3) is 6.43. The van der Waals surface area contributed by atoms with E-state index in [0.717, 1.165) is 39.5 Å².